The molecule has 0 unspecified atom stereocenters. The Morgan fingerprint density at radius 1 is 1.06 bits per heavy atom. The van der Waals surface area contributed by atoms with E-state index in [9.17, 15) is 5.11 Å². The van der Waals surface area contributed by atoms with Crippen molar-refractivity contribution in [3.05, 3.63) is 75.7 Å². The first-order valence-electron chi connectivity index (χ1n) is 10.7. The Kier molecular flexibility index (Phi) is 7.04. The number of hydrogen-bond donors (Lipinski definition) is 1. The monoisotopic (exact) mass is 548 g/mol. The molecule has 1 N–H and O–H groups in total. The highest BCUT2D eigenvalue weighted by Gasteiger charge is 2.44. The second-order valence-corrected chi connectivity index (χ2v) is 10.7. The van der Waals surface area contributed by atoms with Crippen LogP contribution in [0.1, 0.15) is 43.7 Å². The quantitative estimate of drug-likeness (QED) is 0.379. The van der Waals surface area contributed by atoms with Crippen molar-refractivity contribution in [1.29, 1.82) is 0 Å². The summed E-state index contributed by atoms with van der Waals surface area (Å²) in [7, 11) is 5.24. The molecule has 31 heavy (non-hydrogen) atoms. The van der Waals surface area contributed by atoms with Crippen molar-refractivity contribution >= 4 is 35.7 Å². The zero-order chi connectivity index (χ0) is 22.0. The molecule has 0 saturated heterocycles. The molecule has 0 radical (unpaired) electrons. The molecule has 0 amide bonds. The summed E-state index contributed by atoms with van der Waals surface area (Å²) in [5, 5.41) is 10.6. The zero-order valence-electron chi connectivity index (χ0n) is 18.3. The number of allylic oxidation sites excluding steroid dienone is 3. The summed E-state index contributed by atoms with van der Waals surface area (Å²) in [6.45, 7) is 2.34. The molecule has 2 aromatic rings. The zero-order valence-corrected chi connectivity index (χ0v) is 21.3. The van der Waals surface area contributed by atoms with Gasteiger partial charge in [0.1, 0.15) is 11.5 Å². The molecule has 0 aliphatic heterocycles. The molecule has 0 aromatic heterocycles. The molecule has 2 aliphatic rings. The van der Waals surface area contributed by atoms with Gasteiger partial charge in [0, 0.05) is 26.1 Å². The summed E-state index contributed by atoms with van der Waals surface area (Å²) in [6.07, 6.45) is 4.28. The van der Waals surface area contributed by atoms with Gasteiger partial charge in [-0.15, -0.1) is 0 Å². The van der Waals surface area contributed by atoms with Gasteiger partial charge in [0.05, 0.1) is 20.3 Å². The van der Waals surface area contributed by atoms with Crippen LogP contribution in [0.15, 0.2) is 64.6 Å². The number of rotatable bonds is 7. The van der Waals surface area contributed by atoms with Crippen molar-refractivity contribution in [1.82, 2.24) is 0 Å². The Morgan fingerprint density at radius 3 is 2.48 bits per heavy atom. The lowest BCUT2D eigenvalue weighted by atomic mass is 9.71. The minimum absolute atomic E-state index is 0.0482. The van der Waals surface area contributed by atoms with E-state index >= 15 is 0 Å². The van der Waals surface area contributed by atoms with Gasteiger partial charge >= 0.3 is 0 Å². The summed E-state index contributed by atoms with van der Waals surface area (Å²) in [6, 6.07) is 16.8. The lowest BCUT2D eigenvalue weighted by molar-refractivity contribution is 0.164. The molecule has 5 heteroatoms. The highest BCUT2D eigenvalue weighted by atomic mass is 127. The Morgan fingerprint density at radius 2 is 1.81 bits per heavy atom. The Hall–Kier alpha value is -1.44. The molecule has 3 nitrogen and oxygen atoms in total. The first kappa shape index (κ1) is 22.7. The Balaban J connectivity index is 1.76. The smallest absolute Gasteiger partial charge is 0.119 e. The predicted molar refractivity (Wildman–Crippen MR) is 138 cm³/mol. The summed E-state index contributed by atoms with van der Waals surface area (Å²) in [5.41, 5.74) is 6.77. The first-order chi connectivity index (χ1) is 15.0. The number of aliphatic hydroxyl groups is 1. The molecular formula is C26H29IO3S. The molecule has 0 spiro atoms. The van der Waals surface area contributed by atoms with Crippen molar-refractivity contribution in [2.75, 3.05) is 14.2 Å². The van der Waals surface area contributed by atoms with Gasteiger partial charge in [-0.2, -0.15) is 0 Å². The van der Waals surface area contributed by atoms with Crippen LogP contribution < -0.4 is 9.47 Å². The van der Waals surface area contributed by atoms with Gasteiger partial charge in [0.25, 0.3) is 0 Å². The van der Waals surface area contributed by atoms with Crippen molar-refractivity contribution < 1.29 is 14.6 Å². The standard InChI is InChI=1S/C26H29IO3S/c1-26-15-19(28)14-23(26)22(12-7-17-5-4-6-21(13-17)30-3)25(24(16-26)31-27)18-8-10-20(29-2)11-9-18/h4-6,8-11,13,19,28H,7,12,14-16H2,1-3H3/t19-,26+/m0/s1. The van der Waals surface area contributed by atoms with E-state index < -0.39 is 0 Å². The van der Waals surface area contributed by atoms with Crippen LogP contribution in [0.5, 0.6) is 11.5 Å². The molecule has 0 bridgehead atoms. The third-order valence-corrected chi connectivity index (χ3v) is 8.75. The van der Waals surface area contributed by atoms with E-state index in [2.05, 4.69) is 58.5 Å². The van der Waals surface area contributed by atoms with Crippen LogP contribution in [-0.2, 0) is 6.42 Å². The first-order valence-corrected chi connectivity index (χ1v) is 14.0. The van der Waals surface area contributed by atoms with E-state index in [1.165, 1.54) is 32.8 Å². The SMILES string of the molecule is COc1ccc(C2=C(SI)C[C@@]3(C)C[C@@H](O)CC3=C2CCc2cccc(OC)c2)cc1. The molecule has 0 heterocycles. The van der Waals surface area contributed by atoms with E-state index in [1.54, 1.807) is 14.2 Å². The summed E-state index contributed by atoms with van der Waals surface area (Å²) < 4.78 is 10.8. The lowest BCUT2D eigenvalue weighted by Crippen LogP contribution is -2.21. The second-order valence-electron chi connectivity index (χ2n) is 8.71. The number of ether oxygens (including phenoxy) is 2. The number of benzene rings is 2. The fourth-order valence-electron chi connectivity index (χ4n) is 5.16. The maximum Gasteiger partial charge on any atom is 0.119 e. The number of aliphatic hydroxyl groups excluding tert-OH is 1. The van der Waals surface area contributed by atoms with Crippen LogP contribution in [-0.4, -0.2) is 25.4 Å². The molecule has 1 fully saturated rings. The van der Waals surface area contributed by atoms with Crippen molar-refractivity contribution in [3.8, 4) is 11.5 Å². The summed E-state index contributed by atoms with van der Waals surface area (Å²) in [5.74, 6) is 1.77. The maximum atomic E-state index is 10.6. The fourth-order valence-corrected chi connectivity index (χ4v) is 6.98. The highest BCUT2D eigenvalue weighted by molar-refractivity contribution is 14.2. The number of hydrogen-bond acceptors (Lipinski definition) is 4. The van der Waals surface area contributed by atoms with E-state index in [1.807, 2.05) is 27.1 Å². The third kappa shape index (κ3) is 4.69. The fraction of sp³-hybridized carbons (Fsp3) is 0.385. The van der Waals surface area contributed by atoms with E-state index in [-0.39, 0.29) is 11.5 Å². The van der Waals surface area contributed by atoms with E-state index in [0.717, 1.165) is 43.6 Å². The molecule has 1 saturated carbocycles. The second kappa shape index (κ2) is 9.59. The van der Waals surface area contributed by atoms with Gasteiger partial charge in [0.2, 0.25) is 0 Å². The van der Waals surface area contributed by atoms with Gasteiger partial charge in [-0.05, 0) is 84.1 Å². The van der Waals surface area contributed by atoms with Crippen molar-refractivity contribution in [3.63, 3.8) is 0 Å². The van der Waals surface area contributed by atoms with Crippen LogP contribution in [0, 0.1) is 5.41 Å². The molecular weight excluding hydrogens is 519 g/mol. The predicted octanol–water partition coefficient (Wildman–Crippen LogP) is 6.99. The van der Waals surface area contributed by atoms with Gasteiger partial charge in [0.15, 0.2) is 0 Å². The lowest BCUT2D eigenvalue weighted by Gasteiger charge is -2.36. The van der Waals surface area contributed by atoms with Crippen molar-refractivity contribution in [2.24, 2.45) is 5.41 Å². The molecule has 164 valence electrons. The van der Waals surface area contributed by atoms with Crippen LogP contribution in [0.4, 0.5) is 0 Å². The average Bonchev–Trinajstić information content (AvgIpc) is 3.10. The minimum Gasteiger partial charge on any atom is -0.497 e. The Labute approximate surface area is 201 Å². The largest absolute Gasteiger partial charge is 0.497 e. The summed E-state index contributed by atoms with van der Waals surface area (Å²) in [4.78, 5) is 1.41. The molecule has 4 rings (SSSR count). The normalized spacial score (nSPS) is 23.2. The summed E-state index contributed by atoms with van der Waals surface area (Å²) >= 11 is 2.42. The topological polar surface area (TPSA) is 38.7 Å². The van der Waals surface area contributed by atoms with Gasteiger partial charge < -0.3 is 14.6 Å². The van der Waals surface area contributed by atoms with Gasteiger partial charge in [-0.3, -0.25) is 0 Å². The molecule has 2 aliphatic carbocycles. The highest BCUT2D eigenvalue weighted by Crippen LogP contribution is 2.58. The number of halogens is 1. The van der Waals surface area contributed by atoms with Crippen LogP contribution in [0.3, 0.4) is 0 Å². The Bertz CT molecular complexity index is 1010. The van der Waals surface area contributed by atoms with Gasteiger partial charge in [-0.1, -0.05) is 45.7 Å². The number of aryl methyl sites for hydroxylation is 1. The van der Waals surface area contributed by atoms with Crippen LogP contribution in [0.2, 0.25) is 0 Å². The number of methoxy groups -OCH3 is 2. The van der Waals surface area contributed by atoms with Gasteiger partial charge in [-0.25, -0.2) is 0 Å². The molecule has 2 atom stereocenters. The average molecular weight is 548 g/mol. The van der Waals surface area contributed by atoms with Crippen LogP contribution in [0.25, 0.3) is 5.57 Å². The third-order valence-electron chi connectivity index (χ3n) is 6.62. The van der Waals surface area contributed by atoms with Crippen molar-refractivity contribution in [2.45, 2.75) is 45.1 Å². The molecule has 2 aromatic carbocycles. The minimum atomic E-state index is -0.248. The van der Waals surface area contributed by atoms with Crippen LogP contribution >= 0.6 is 30.1 Å². The number of fused-ring (bicyclic) bond motifs is 1. The maximum absolute atomic E-state index is 10.6. The van der Waals surface area contributed by atoms with E-state index in [0.29, 0.717) is 0 Å². The van der Waals surface area contributed by atoms with E-state index in [4.69, 9.17) is 9.47 Å².